The van der Waals surface area contributed by atoms with E-state index in [1.807, 2.05) is 0 Å². The number of aromatic hydroxyl groups is 1. The van der Waals surface area contributed by atoms with Crippen molar-refractivity contribution in [3.63, 3.8) is 0 Å². The Hall–Kier alpha value is -5.06. The molecule has 3 aromatic rings. The Bertz CT molecular complexity index is 1410. The van der Waals surface area contributed by atoms with Gasteiger partial charge in [0.2, 0.25) is 5.75 Å². The Labute approximate surface area is 225 Å². The van der Waals surface area contributed by atoms with E-state index < -0.39 is 4.92 Å². The van der Waals surface area contributed by atoms with Crippen LogP contribution >= 0.6 is 0 Å². The number of carbonyl (C=O) groups is 1. The number of Topliss-reactive ketones (excluding diaryl/α,β-unsaturated/α-hetero) is 1. The van der Waals surface area contributed by atoms with Crippen molar-refractivity contribution in [1.29, 1.82) is 0 Å². The van der Waals surface area contributed by atoms with Crippen molar-refractivity contribution in [1.82, 2.24) is 0 Å². The fourth-order valence-electron chi connectivity index (χ4n) is 3.76. The number of nitrogens with zero attached hydrogens (tertiary/aromatic N) is 2. The maximum absolute atomic E-state index is 12.6. The summed E-state index contributed by atoms with van der Waals surface area (Å²) in [4.78, 5) is 27.6. The highest BCUT2D eigenvalue weighted by Gasteiger charge is 2.18. The zero-order valence-electron chi connectivity index (χ0n) is 22.1. The quantitative estimate of drug-likeness (QED) is 0.105. The van der Waals surface area contributed by atoms with Crippen molar-refractivity contribution >= 4 is 35.5 Å². The number of ketones is 1. The van der Waals surface area contributed by atoms with Crippen LogP contribution in [-0.2, 0) is 0 Å². The number of carbonyl (C=O) groups excluding carboxylic acids is 1. The number of aliphatic imine (C=N–C) groups is 1. The summed E-state index contributed by atoms with van der Waals surface area (Å²) in [5, 5.41) is 21.7. The molecule has 0 bridgehead atoms. The molecule has 0 amide bonds. The molecule has 0 atom stereocenters. The SMILES string of the molecule is COc1ccc(C(=O)CC=Nc2cc(/C=C\c3cc(OC)c(OC)c(OC)c3)cc(O)c2OC)cc1[N+](=O)[O-]. The fraction of sp³-hybridized carbons (Fsp3) is 0.214. The molecule has 204 valence electrons. The summed E-state index contributed by atoms with van der Waals surface area (Å²) in [6.45, 7) is 0. The number of hydrogen-bond donors (Lipinski definition) is 1. The van der Waals surface area contributed by atoms with Crippen LogP contribution in [0.3, 0.4) is 0 Å². The molecule has 0 unspecified atom stereocenters. The van der Waals surface area contributed by atoms with E-state index in [-0.39, 0.29) is 46.4 Å². The second kappa shape index (κ2) is 13.0. The lowest BCUT2D eigenvalue weighted by Crippen LogP contribution is -2.02. The normalized spacial score (nSPS) is 11.0. The fourth-order valence-corrected chi connectivity index (χ4v) is 3.76. The predicted molar refractivity (Wildman–Crippen MR) is 146 cm³/mol. The van der Waals surface area contributed by atoms with Crippen molar-refractivity contribution in [2.45, 2.75) is 6.42 Å². The van der Waals surface area contributed by atoms with E-state index in [4.69, 9.17) is 23.7 Å². The third-order valence-corrected chi connectivity index (χ3v) is 5.64. The lowest BCUT2D eigenvalue weighted by atomic mass is 10.1. The van der Waals surface area contributed by atoms with Crippen LogP contribution in [0, 0.1) is 10.1 Å². The minimum absolute atomic E-state index is 0.0572. The van der Waals surface area contributed by atoms with Crippen LogP contribution in [0.4, 0.5) is 11.4 Å². The monoisotopic (exact) mass is 536 g/mol. The van der Waals surface area contributed by atoms with Gasteiger partial charge in [-0.05, 0) is 47.5 Å². The summed E-state index contributed by atoms with van der Waals surface area (Å²) in [6.07, 6.45) is 4.75. The van der Waals surface area contributed by atoms with Crippen molar-refractivity contribution < 1.29 is 38.5 Å². The van der Waals surface area contributed by atoms with Crippen molar-refractivity contribution in [3.8, 4) is 34.5 Å². The molecule has 3 aromatic carbocycles. The molecule has 0 saturated carbocycles. The van der Waals surface area contributed by atoms with E-state index in [1.165, 1.54) is 60.0 Å². The van der Waals surface area contributed by atoms with Crippen molar-refractivity contribution in [2.75, 3.05) is 35.5 Å². The van der Waals surface area contributed by atoms with Gasteiger partial charge in [0.15, 0.2) is 34.5 Å². The van der Waals surface area contributed by atoms with E-state index in [0.29, 0.717) is 22.8 Å². The largest absolute Gasteiger partial charge is 0.504 e. The molecule has 0 radical (unpaired) electrons. The summed E-state index contributed by atoms with van der Waals surface area (Å²) in [5.74, 6) is 1.11. The maximum atomic E-state index is 12.6. The van der Waals surface area contributed by atoms with Crippen LogP contribution in [0.5, 0.6) is 34.5 Å². The minimum Gasteiger partial charge on any atom is -0.504 e. The first-order chi connectivity index (χ1) is 18.8. The highest BCUT2D eigenvalue weighted by molar-refractivity contribution is 6.04. The number of nitro groups is 1. The number of phenolic OH excluding ortho intramolecular Hbond substituents is 1. The molecule has 0 spiro atoms. The number of methoxy groups -OCH3 is 5. The Morgan fingerprint density at radius 2 is 1.44 bits per heavy atom. The van der Waals surface area contributed by atoms with E-state index in [9.17, 15) is 20.0 Å². The topological polar surface area (TPSA) is 139 Å². The average molecular weight is 537 g/mol. The number of rotatable bonds is 12. The van der Waals surface area contributed by atoms with Gasteiger partial charge in [-0.3, -0.25) is 19.9 Å². The highest BCUT2D eigenvalue weighted by Crippen LogP contribution is 2.40. The summed E-state index contributed by atoms with van der Waals surface area (Å²) in [6, 6.07) is 10.7. The van der Waals surface area contributed by atoms with Gasteiger partial charge in [-0.15, -0.1) is 0 Å². The van der Waals surface area contributed by atoms with E-state index in [0.717, 1.165) is 11.6 Å². The molecule has 0 aliphatic rings. The zero-order chi connectivity index (χ0) is 28.5. The molecule has 11 nitrogen and oxygen atoms in total. The molecule has 0 fully saturated rings. The van der Waals surface area contributed by atoms with E-state index in [1.54, 1.807) is 30.4 Å². The zero-order valence-corrected chi connectivity index (χ0v) is 22.1. The minimum atomic E-state index is -0.617. The van der Waals surface area contributed by atoms with Crippen LogP contribution in [0.1, 0.15) is 27.9 Å². The van der Waals surface area contributed by atoms with Crippen LogP contribution in [0.15, 0.2) is 47.5 Å². The molecule has 39 heavy (non-hydrogen) atoms. The molecular weight excluding hydrogens is 508 g/mol. The highest BCUT2D eigenvalue weighted by atomic mass is 16.6. The first kappa shape index (κ1) is 28.5. The van der Waals surface area contributed by atoms with Gasteiger partial charge in [0.1, 0.15) is 5.69 Å². The first-order valence-corrected chi connectivity index (χ1v) is 11.5. The van der Waals surface area contributed by atoms with Crippen LogP contribution in [-0.4, -0.2) is 57.6 Å². The molecule has 0 saturated heterocycles. The number of ether oxygens (including phenoxy) is 5. The van der Waals surface area contributed by atoms with Crippen LogP contribution in [0.2, 0.25) is 0 Å². The molecule has 3 rings (SSSR count). The summed E-state index contributed by atoms with van der Waals surface area (Å²) >= 11 is 0. The predicted octanol–water partition coefficient (Wildman–Crippen LogP) is 5.49. The van der Waals surface area contributed by atoms with Gasteiger partial charge in [-0.2, -0.15) is 0 Å². The van der Waals surface area contributed by atoms with E-state index >= 15 is 0 Å². The number of benzene rings is 3. The molecular formula is C28H28N2O9. The standard InChI is InChI=1S/C28H28N2O9/c1-35-24-9-8-19(16-21(24)30(33)34)22(31)10-11-29-20-12-17(13-23(32)27(20)38-4)6-7-18-14-25(36-2)28(39-5)26(15-18)37-3/h6-9,11-16,32H,10H2,1-5H3/b7-6-,29-11?. The lowest BCUT2D eigenvalue weighted by molar-refractivity contribution is -0.385. The van der Waals surface area contributed by atoms with Gasteiger partial charge in [-0.1, -0.05) is 12.2 Å². The first-order valence-electron chi connectivity index (χ1n) is 11.5. The summed E-state index contributed by atoms with van der Waals surface area (Å²) in [5.41, 5.74) is 1.48. The molecule has 0 aliphatic carbocycles. The second-order valence-corrected chi connectivity index (χ2v) is 7.97. The van der Waals surface area contributed by atoms with Gasteiger partial charge in [0.25, 0.3) is 0 Å². The average Bonchev–Trinajstić information content (AvgIpc) is 2.94. The van der Waals surface area contributed by atoms with Gasteiger partial charge in [0.05, 0.1) is 40.5 Å². The molecule has 0 aromatic heterocycles. The number of hydrogen-bond acceptors (Lipinski definition) is 10. The van der Waals surface area contributed by atoms with E-state index in [2.05, 4.69) is 4.99 Å². The smallest absolute Gasteiger partial charge is 0.311 e. The van der Waals surface area contributed by atoms with Gasteiger partial charge in [0, 0.05) is 24.3 Å². The summed E-state index contributed by atoms with van der Waals surface area (Å²) in [7, 11) is 7.27. The molecule has 1 N–H and O–H groups in total. The Morgan fingerprint density at radius 3 is 1.97 bits per heavy atom. The van der Waals surface area contributed by atoms with Crippen molar-refractivity contribution in [3.05, 3.63) is 69.3 Å². The molecule has 11 heteroatoms. The van der Waals surface area contributed by atoms with Gasteiger partial charge < -0.3 is 28.8 Å². The van der Waals surface area contributed by atoms with Gasteiger partial charge >= 0.3 is 5.69 Å². The number of nitro benzene ring substituents is 1. The Balaban J connectivity index is 1.86. The Kier molecular flexibility index (Phi) is 9.47. The van der Waals surface area contributed by atoms with Crippen LogP contribution < -0.4 is 23.7 Å². The third-order valence-electron chi connectivity index (χ3n) is 5.64. The second-order valence-electron chi connectivity index (χ2n) is 7.97. The molecule has 0 aliphatic heterocycles. The number of phenols is 1. The third kappa shape index (κ3) is 6.63. The molecule has 0 heterocycles. The van der Waals surface area contributed by atoms with Gasteiger partial charge in [-0.25, -0.2) is 0 Å². The maximum Gasteiger partial charge on any atom is 0.311 e. The van der Waals surface area contributed by atoms with Crippen molar-refractivity contribution in [2.24, 2.45) is 4.99 Å². The summed E-state index contributed by atoms with van der Waals surface area (Å²) < 4.78 is 26.4. The Morgan fingerprint density at radius 1 is 0.846 bits per heavy atom. The lowest BCUT2D eigenvalue weighted by Gasteiger charge is -2.13. The van der Waals surface area contributed by atoms with Crippen LogP contribution in [0.25, 0.3) is 12.2 Å².